The summed E-state index contributed by atoms with van der Waals surface area (Å²) in [5.74, 6) is -0.216. The fraction of sp³-hybridized carbons (Fsp3) is 0.435. The van der Waals surface area contributed by atoms with Crippen LogP contribution < -0.4 is 5.32 Å². The molecule has 7 nitrogen and oxygen atoms in total. The van der Waals surface area contributed by atoms with Crippen LogP contribution in [0.15, 0.2) is 47.4 Å². The van der Waals surface area contributed by atoms with Crippen molar-refractivity contribution in [3.63, 3.8) is 0 Å². The predicted octanol–water partition coefficient (Wildman–Crippen LogP) is 3.27. The van der Waals surface area contributed by atoms with Gasteiger partial charge in [-0.2, -0.15) is 4.31 Å². The molecule has 1 heterocycles. The minimum Gasteiger partial charge on any atom is -0.379 e. The Balaban J connectivity index is 1.45. The van der Waals surface area contributed by atoms with Gasteiger partial charge in [0.1, 0.15) is 0 Å². The highest BCUT2D eigenvalue weighted by atomic mass is 35.5. The topological polar surface area (TPSA) is 79.0 Å². The fourth-order valence-electron chi connectivity index (χ4n) is 3.75. The van der Waals surface area contributed by atoms with Gasteiger partial charge in [-0.05, 0) is 43.5 Å². The Morgan fingerprint density at radius 3 is 2.50 bits per heavy atom. The van der Waals surface area contributed by atoms with E-state index in [0.29, 0.717) is 49.6 Å². The molecule has 1 saturated carbocycles. The van der Waals surface area contributed by atoms with Crippen molar-refractivity contribution in [3.8, 4) is 0 Å². The van der Waals surface area contributed by atoms with Crippen LogP contribution >= 0.6 is 11.6 Å². The average molecular weight is 478 g/mol. The quantitative estimate of drug-likeness (QED) is 0.631. The first kappa shape index (κ1) is 23.2. The molecule has 1 N–H and O–H groups in total. The first-order valence-electron chi connectivity index (χ1n) is 10.8. The predicted molar refractivity (Wildman–Crippen MR) is 124 cm³/mol. The van der Waals surface area contributed by atoms with E-state index >= 15 is 0 Å². The van der Waals surface area contributed by atoms with E-state index in [2.05, 4.69) is 34.5 Å². The van der Waals surface area contributed by atoms with Crippen LogP contribution in [0.3, 0.4) is 0 Å². The Hall–Kier alpha value is -1.97. The average Bonchev–Trinajstić information content (AvgIpc) is 3.62. The van der Waals surface area contributed by atoms with Gasteiger partial charge in [0.25, 0.3) is 0 Å². The highest BCUT2D eigenvalue weighted by Crippen LogP contribution is 2.30. The minimum absolute atomic E-state index is 0.109. The van der Waals surface area contributed by atoms with Crippen molar-refractivity contribution < 1.29 is 17.9 Å². The lowest BCUT2D eigenvalue weighted by Crippen LogP contribution is -2.40. The molecule has 4 rings (SSSR count). The number of amides is 1. The second-order valence-electron chi connectivity index (χ2n) is 8.33. The summed E-state index contributed by atoms with van der Waals surface area (Å²) in [4.78, 5) is 15.1. The van der Waals surface area contributed by atoms with Gasteiger partial charge >= 0.3 is 0 Å². The highest BCUT2D eigenvalue weighted by Gasteiger charge is 2.31. The van der Waals surface area contributed by atoms with E-state index in [4.69, 9.17) is 16.3 Å². The number of anilines is 1. The zero-order chi connectivity index (χ0) is 22.7. The number of aryl methyl sites for hydroxylation is 1. The monoisotopic (exact) mass is 477 g/mol. The second kappa shape index (κ2) is 9.89. The Labute approximate surface area is 194 Å². The minimum atomic E-state index is -3.67. The van der Waals surface area contributed by atoms with Gasteiger partial charge in [-0.3, -0.25) is 9.69 Å². The summed E-state index contributed by atoms with van der Waals surface area (Å²) in [5.41, 5.74) is 2.66. The van der Waals surface area contributed by atoms with Gasteiger partial charge in [0.05, 0.1) is 35.4 Å². The van der Waals surface area contributed by atoms with E-state index in [1.807, 2.05) is 6.92 Å². The van der Waals surface area contributed by atoms with Gasteiger partial charge in [0.15, 0.2) is 0 Å². The number of hydrogen-bond acceptors (Lipinski definition) is 5. The van der Waals surface area contributed by atoms with Crippen molar-refractivity contribution in [2.45, 2.75) is 37.2 Å². The molecule has 1 aliphatic carbocycles. The summed E-state index contributed by atoms with van der Waals surface area (Å²) in [6.45, 7) is 4.31. The maximum atomic E-state index is 12.9. The lowest BCUT2D eigenvalue weighted by Gasteiger charge is -2.26. The molecule has 0 spiro atoms. The van der Waals surface area contributed by atoms with Crippen molar-refractivity contribution in [2.24, 2.45) is 0 Å². The van der Waals surface area contributed by atoms with Crippen LogP contribution in [-0.2, 0) is 26.1 Å². The lowest BCUT2D eigenvalue weighted by molar-refractivity contribution is -0.117. The third-order valence-electron chi connectivity index (χ3n) is 5.74. The molecule has 2 aliphatic rings. The Kier molecular flexibility index (Phi) is 7.17. The van der Waals surface area contributed by atoms with Crippen LogP contribution in [0.1, 0.15) is 24.0 Å². The zero-order valence-electron chi connectivity index (χ0n) is 18.1. The third-order valence-corrected chi connectivity index (χ3v) is 7.96. The van der Waals surface area contributed by atoms with Gasteiger partial charge in [-0.25, -0.2) is 8.42 Å². The van der Waals surface area contributed by atoms with E-state index in [1.54, 1.807) is 0 Å². The smallest absolute Gasteiger partial charge is 0.243 e. The number of hydrogen-bond donors (Lipinski definition) is 1. The molecule has 9 heteroatoms. The number of carbonyl (C=O) groups is 1. The van der Waals surface area contributed by atoms with Gasteiger partial charge in [0.2, 0.25) is 15.9 Å². The summed E-state index contributed by atoms with van der Waals surface area (Å²) in [5, 5.41) is 3.12. The lowest BCUT2D eigenvalue weighted by atomic mass is 10.1. The summed E-state index contributed by atoms with van der Waals surface area (Å²) in [6, 6.07) is 13.1. The number of morpholine rings is 1. The first-order valence-corrected chi connectivity index (χ1v) is 12.6. The molecule has 32 heavy (non-hydrogen) atoms. The second-order valence-corrected chi connectivity index (χ2v) is 10.7. The van der Waals surface area contributed by atoms with Crippen LogP contribution in [-0.4, -0.2) is 62.4 Å². The van der Waals surface area contributed by atoms with Crippen molar-refractivity contribution in [3.05, 3.63) is 58.6 Å². The molecule has 0 unspecified atom stereocenters. The van der Waals surface area contributed by atoms with E-state index in [-0.39, 0.29) is 17.3 Å². The number of ether oxygens (including phenoxy) is 1. The van der Waals surface area contributed by atoms with Gasteiger partial charge in [0, 0.05) is 25.7 Å². The molecule has 2 aromatic carbocycles. The van der Waals surface area contributed by atoms with E-state index < -0.39 is 10.0 Å². The number of nitrogens with zero attached hydrogens (tertiary/aromatic N) is 2. The first-order chi connectivity index (χ1) is 15.3. The van der Waals surface area contributed by atoms with Crippen LogP contribution in [0, 0.1) is 6.92 Å². The zero-order valence-corrected chi connectivity index (χ0v) is 19.7. The van der Waals surface area contributed by atoms with Crippen LogP contribution in [0.25, 0.3) is 0 Å². The molecule has 1 saturated heterocycles. The summed E-state index contributed by atoms with van der Waals surface area (Å²) < 4.78 is 32.5. The van der Waals surface area contributed by atoms with Crippen LogP contribution in [0.2, 0.25) is 5.02 Å². The molecule has 2 aromatic rings. The van der Waals surface area contributed by atoms with Gasteiger partial charge in [-0.15, -0.1) is 0 Å². The van der Waals surface area contributed by atoms with Crippen molar-refractivity contribution in [1.82, 2.24) is 9.21 Å². The Bertz CT molecular complexity index is 1070. The van der Waals surface area contributed by atoms with Crippen LogP contribution in [0.5, 0.6) is 0 Å². The standard InChI is InChI=1S/C23H28ClN3O4S/c1-17-2-4-18(5-3-17)15-26(19-6-7-19)16-23(28)25-22-14-20(8-9-21(22)24)32(29,30)27-10-12-31-13-11-27/h2-5,8-9,14,19H,6-7,10-13,15-16H2,1H3,(H,25,28). The van der Waals surface area contributed by atoms with E-state index in [1.165, 1.54) is 28.1 Å². The molecule has 172 valence electrons. The maximum Gasteiger partial charge on any atom is 0.243 e. The number of nitrogens with one attached hydrogen (secondary N) is 1. The summed E-state index contributed by atoms with van der Waals surface area (Å²) in [6.07, 6.45) is 2.15. The Morgan fingerprint density at radius 2 is 1.84 bits per heavy atom. The van der Waals surface area contributed by atoms with Crippen molar-refractivity contribution in [2.75, 3.05) is 38.2 Å². The van der Waals surface area contributed by atoms with Crippen molar-refractivity contribution in [1.29, 1.82) is 0 Å². The fourth-order valence-corrected chi connectivity index (χ4v) is 5.35. The summed E-state index contributed by atoms with van der Waals surface area (Å²) >= 11 is 6.28. The number of halogens is 1. The molecular weight excluding hydrogens is 450 g/mol. The third kappa shape index (κ3) is 5.68. The number of rotatable bonds is 8. The van der Waals surface area contributed by atoms with Gasteiger partial charge in [-0.1, -0.05) is 41.4 Å². The number of sulfonamides is 1. The van der Waals surface area contributed by atoms with Crippen molar-refractivity contribution >= 4 is 33.2 Å². The molecule has 0 atom stereocenters. The van der Waals surface area contributed by atoms with Gasteiger partial charge < -0.3 is 10.1 Å². The van der Waals surface area contributed by atoms with E-state index in [0.717, 1.165) is 18.4 Å². The highest BCUT2D eigenvalue weighted by molar-refractivity contribution is 7.89. The summed E-state index contributed by atoms with van der Waals surface area (Å²) in [7, 11) is -3.67. The SMILES string of the molecule is Cc1ccc(CN(CC(=O)Nc2cc(S(=O)(=O)N3CCOCC3)ccc2Cl)C2CC2)cc1. The molecule has 1 aliphatic heterocycles. The number of carbonyl (C=O) groups excluding carboxylic acids is 1. The molecule has 0 aromatic heterocycles. The molecule has 0 bridgehead atoms. The molecule has 0 radical (unpaired) electrons. The largest absolute Gasteiger partial charge is 0.379 e. The maximum absolute atomic E-state index is 12.9. The molecule has 1 amide bonds. The molecular formula is C23H28ClN3O4S. The van der Waals surface area contributed by atoms with Crippen LogP contribution in [0.4, 0.5) is 5.69 Å². The normalized spacial score (nSPS) is 17.5. The Morgan fingerprint density at radius 1 is 1.16 bits per heavy atom. The number of benzene rings is 2. The molecule has 2 fully saturated rings. The van der Waals surface area contributed by atoms with E-state index in [9.17, 15) is 13.2 Å².